The number of carbonyl (C=O) groups excluding carboxylic acids is 2. The molecule has 0 saturated carbocycles. The minimum atomic E-state index is -1.11. The summed E-state index contributed by atoms with van der Waals surface area (Å²) >= 11 is 0. The number of rotatable bonds is 11. The first-order chi connectivity index (χ1) is 10.3. The molecule has 0 amide bonds. The monoisotopic (exact) mass is 320 g/mol. The standard InChI is InChI=1S/C14H24O8/c1-6-8-14(4,5)21-22-20-13(16)19-11(3)17-9-10-18-12(15)7-2/h7,11H,2,6,8-10H2,1,3-5H3. The maximum Gasteiger partial charge on any atom is 0.544 e. The zero-order valence-electron chi connectivity index (χ0n) is 13.5. The van der Waals surface area contributed by atoms with Gasteiger partial charge in [0.15, 0.2) is 0 Å². The van der Waals surface area contributed by atoms with Gasteiger partial charge in [-0.1, -0.05) is 19.9 Å². The first-order valence-corrected chi connectivity index (χ1v) is 6.94. The first-order valence-electron chi connectivity index (χ1n) is 6.94. The van der Waals surface area contributed by atoms with Crippen LogP contribution in [0.15, 0.2) is 12.7 Å². The Morgan fingerprint density at radius 2 is 1.95 bits per heavy atom. The van der Waals surface area contributed by atoms with Crippen molar-refractivity contribution in [3.63, 3.8) is 0 Å². The van der Waals surface area contributed by atoms with Crippen LogP contribution >= 0.6 is 0 Å². The van der Waals surface area contributed by atoms with Crippen molar-refractivity contribution < 1.29 is 38.6 Å². The molecule has 0 aliphatic heterocycles. The molecule has 128 valence electrons. The highest BCUT2D eigenvalue weighted by Crippen LogP contribution is 2.16. The second-order valence-corrected chi connectivity index (χ2v) is 4.92. The average Bonchev–Trinajstić information content (AvgIpc) is 2.42. The molecule has 8 heteroatoms. The first kappa shape index (κ1) is 20.4. The lowest BCUT2D eigenvalue weighted by molar-refractivity contribution is -0.518. The van der Waals surface area contributed by atoms with Gasteiger partial charge in [-0.05, 0) is 32.2 Å². The van der Waals surface area contributed by atoms with Crippen molar-refractivity contribution in [2.75, 3.05) is 13.2 Å². The van der Waals surface area contributed by atoms with Crippen LogP contribution in [0.5, 0.6) is 0 Å². The Hall–Kier alpha value is -1.64. The van der Waals surface area contributed by atoms with Crippen molar-refractivity contribution in [2.24, 2.45) is 0 Å². The third kappa shape index (κ3) is 11.1. The Kier molecular flexibility index (Phi) is 10.2. The summed E-state index contributed by atoms with van der Waals surface area (Å²) in [5, 5.41) is 4.37. The highest BCUT2D eigenvalue weighted by molar-refractivity contribution is 5.81. The van der Waals surface area contributed by atoms with E-state index in [2.05, 4.69) is 21.2 Å². The molecular formula is C14H24O8. The lowest BCUT2D eigenvalue weighted by Gasteiger charge is -2.21. The second kappa shape index (κ2) is 11.0. The van der Waals surface area contributed by atoms with E-state index >= 15 is 0 Å². The number of ether oxygens (including phenoxy) is 3. The van der Waals surface area contributed by atoms with Gasteiger partial charge < -0.3 is 14.2 Å². The van der Waals surface area contributed by atoms with Crippen LogP contribution in [-0.2, 0) is 33.8 Å². The van der Waals surface area contributed by atoms with Gasteiger partial charge in [0.1, 0.15) is 12.2 Å². The van der Waals surface area contributed by atoms with Gasteiger partial charge in [-0.15, -0.1) is 0 Å². The van der Waals surface area contributed by atoms with Crippen LogP contribution in [0.2, 0.25) is 0 Å². The summed E-state index contributed by atoms with van der Waals surface area (Å²) in [5.41, 5.74) is -0.577. The molecule has 0 aliphatic carbocycles. The molecule has 0 heterocycles. The van der Waals surface area contributed by atoms with E-state index in [0.29, 0.717) is 0 Å². The van der Waals surface area contributed by atoms with E-state index in [0.717, 1.165) is 18.9 Å². The smallest absolute Gasteiger partial charge is 0.460 e. The molecule has 0 aromatic rings. The Bertz CT molecular complexity index is 353. The molecule has 0 bridgehead atoms. The van der Waals surface area contributed by atoms with Crippen LogP contribution < -0.4 is 0 Å². The van der Waals surface area contributed by atoms with Crippen molar-refractivity contribution in [3.8, 4) is 0 Å². The molecule has 1 unspecified atom stereocenters. The van der Waals surface area contributed by atoms with Gasteiger partial charge in [-0.2, -0.15) is 4.89 Å². The predicted octanol–water partition coefficient (Wildman–Crippen LogP) is 2.67. The highest BCUT2D eigenvalue weighted by atomic mass is 17.5. The Balaban J connectivity index is 3.73. The Morgan fingerprint density at radius 1 is 1.27 bits per heavy atom. The van der Waals surface area contributed by atoms with E-state index in [9.17, 15) is 9.59 Å². The molecule has 0 radical (unpaired) electrons. The molecule has 1 atom stereocenters. The molecular weight excluding hydrogens is 296 g/mol. The van der Waals surface area contributed by atoms with Gasteiger partial charge >= 0.3 is 12.1 Å². The van der Waals surface area contributed by atoms with E-state index in [4.69, 9.17) is 14.4 Å². The third-order valence-corrected chi connectivity index (χ3v) is 2.32. The van der Waals surface area contributed by atoms with Gasteiger partial charge in [-0.25, -0.2) is 14.5 Å². The van der Waals surface area contributed by atoms with Crippen LogP contribution in [0.4, 0.5) is 4.79 Å². The van der Waals surface area contributed by atoms with Crippen LogP contribution in [0.3, 0.4) is 0 Å². The summed E-state index contributed by atoms with van der Waals surface area (Å²) < 4.78 is 14.4. The fraction of sp³-hybridized carbons (Fsp3) is 0.714. The average molecular weight is 320 g/mol. The van der Waals surface area contributed by atoms with E-state index in [-0.39, 0.29) is 13.2 Å². The zero-order chi connectivity index (χ0) is 17.0. The van der Waals surface area contributed by atoms with Gasteiger partial charge in [0.2, 0.25) is 6.29 Å². The maximum absolute atomic E-state index is 11.3. The quantitative estimate of drug-likeness (QED) is 0.143. The van der Waals surface area contributed by atoms with Crippen molar-refractivity contribution in [1.82, 2.24) is 0 Å². The number of hydrogen-bond donors (Lipinski definition) is 0. The third-order valence-electron chi connectivity index (χ3n) is 2.32. The van der Waals surface area contributed by atoms with Crippen molar-refractivity contribution in [3.05, 3.63) is 12.7 Å². The van der Waals surface area contributed by atoms with Crippen LogP contribution in [-0.4, -0.2) is 37.2 Å². The molecule has 0 aliphatic rings. The normalized spacial score (nSPS) is 12.4. The maximum atomic E-state index is 11.3. The van der Waals surface area contributed by atoms with Gasteiger partial charge in [0.25, 0.3) is 0 Å². The number of hydrogen-bond acceptors (Lipinski definition) is 8. The summed E-state index contributed by atoms with van der Waals surface area (Å²) in [6, 6.07) is 0. The lowest BCUT2D eigenvalue weighted by atomic mass is 10.0. The van der Waals surface area contributed by atoms with Gasteiger partial charge in [0.05, 0.1) is 6.61 Å². The zero-order valence-corrected chi connectivity index (χ0v) is 13.5. The number of esters is 1. The molecule has 8 nitrogen and oxygen atoms in total. The van der Waals surface area contributed by atoms with E-state index < -0.39 is 24.0 Å². The molecule has 22 heavy (non-hydrogen) atoms. The molecule has 0 spiro atoms. The number of carbonyl (C=O) groups is 2. The summed E-state index contributed by atoms with van der Waals surface area (Å²) in [5.74, 6) is -0.558. The van der Waals surface area contributed by atoms with Gasteiger partial charge in [0, 0.05) is 6.08 Å². The van der Waals surface area contributed by atoms with Crippen LogP contribution in [0, 0.1) is 0 Å². The van der Waals surface area contributed by atoms with Crippen molar-refractivity contribution in [2.45, 2.75) is 52.4 Å². The minimum Gasteiger partial charge on any atom is -0.460 e. The lowest BCUT2D eigenvalue weighted by Crippen LogP contribution is -2.26. The van der Waals surface area contributed by atoms with Crippen molar-refractivity contribution >= 4 is 12.1 Å². The molecule has 0 aromatic heterocycles. The molecule has 0 aromatic carbocycles. The minimum absolute atomic E-state index is 0.0123. The molecule has 0 rings (SSSR count). The van der Waals surface area contributed by atoms with Crippen LogP contribution in [0.1, 0.15) is 40.5 Å². The highest BCUT2D eigenvalue weighted by Gasteiger charge is 2.21. The molecule has 0 saturated heterocycles. The van der Waals surface area contributed by atoms with Gasteiger partial charge in [-0.3, -0.25) is 0 Å². The fourth-order valence-electron chi connectivity index (χ4n) is 1.39. The summed E-state index contributed by atoms with van der Waals surface area (Å²) in [6.07, 6.45) is 0.649. The fourth-order valence-corrected chi connectivity index (χ4v) is 1.39. The van der Waals surface area contributed by atoms with E-state index in [1.165, 1.54) is 6.92 Å². The molecule has 0 N–H and O–H groups in total. The summed E-state index contributed by atoms with van der Waals surface area (Å²) in [6.45, 7) is 10.4. The predicted molar refractivity (Wildman–Crippen MR) is 75.3 cm³/mol. The largest absolute Gasteiger partial charge is 0.544 e. The summed E-state index contributed by atoms with van der Waals surface area (Å²) in [7, 11) is 0. The Labute approximate surface area is 130 Å². The SMILES string of the molecule is C=CC(=O)OCCOC(C)OC(=O)OOOC(C)(C)CCC. The molecule has 0 fully saturated rings. The topological polar surface area (TPSA) is 89.5 Å². The van der Waals surface area contributed by atoms with Crippen molar-refractivity contribution in [1.29, 1.82) is 0 Å². The van der Waals surface area contributed by atoms with E-state index in [1.807, 2.05) is 6.92 Å². The van der Waals surface area contributed by atoms with E-state index in [1.54, 1.807) is 13.8 Å². The summed E-state index contributed by atoms with van der Waals surface area (Å²) in [4.78, 5) is 31.2. The van der Waals surface area contributed by atoms with Crippen LogP contribution in [0.25, 0.3) is 0 Å². The Morgan fingerprint density at radius 3 is 2.55 bits per heavy atom. The second-order valence-electron chi connectivity index (χ2n) is 4.92.